The first-order valence-corrected chi connectivity index (χ1v) is 7.48. The van der Waals surface area contributed by atoms with Crippen molar-refractivity contribution in [2.24, 2.45) is 5.92 Å². The summed E-state index contributed by atoms with van der Waals surface area (Å²) in [5.74, 6) is 10.6. The maximum atomic E-state index is 12.5. The van der Waals surface area contributed by atoms with Crippen LogP contribution in [0, 0.1) is 29.6 Å². The number of rotatable bonds is 6. The minimum Gasteiger partial charge on any atom is -0.293 e. The van der Waals surface area contributed by atoms with Gasteiger partial charge in [-0.05, 0) is 24.2 Å². The Morgan fingerprint density at radius 3 is 2.57 bits per heavy atom. The second-order valence-corrected chi connectivity index (χ2v) is 5.16. The van der Waals surface area contributed by atoms with Crippen LogP contribution in [0.15, 0.2) is 41.9 Å². The minimum absolute atomic E-state index is 0.0608. The molecule has 0 fully saturated rings. The highest BCUT2D eigenvalue weighted by Gasteiger charge is 2.17. The lowest BCUT2D eigenvalue weighted by Crippen LogP contribution is -2.13. The third-order valence-corrected chi connectivity index (χ3v) is 3.07. The molecular weight excluding hydrogens is 280 g/mol. The third-order valence-electron chi connectivity index (χ3n) is 2.98. The normalized spacial score (nSPS) is 10.6. The maximum absolute atomic E-state index is 12.5. The van der Waals surface area contributed by atoms with Crippen molar-refractivity contribution < 1.29 is 4.79 Å². The predicted molar refractivity (Wildman–Crippen MR) is 88.9 cm³/mol. The van der Waals surface area contributed by atoms with Crippen molar-refractivity contribution in [1.29, 1.82) is 0 Å². The number of allylic oxidation sites excluding steroid dienone is 1. The fraction of sp³-hybridized carbons (Fsp3) is 0.316. The van der Waals surface area contributed by atoms with Crippen LogP contribution in [0.4, 0.5) is 0 Å². The molecule has 1 aromatic rings. The van der Waals surface area contributed by atoms with Gasteiger partial charge in [0.15, 0.2) is 5.78 Å². The van der Waals surface area contributed by atoms with Crippen LogP contribution in [0.3, 0.4) is 0 Å². The van der Waals surface area contributed by atoms with Crippen molar-refractivity contribution in [2.75, 3.05) is 0 Å². The standard InChI is InChI=1S/C19H19ClO/c1-3-4-6-12-17(15-10-9-11-16(2)20)19(21)18-13-7-5-8-14-18/h5,7-8,13-14,17H,2-4,6,12H2,1H3. The molecule has 0 aliphatic rings. The highest BCUT2D eigenvalue weighted by atomic mass is 35.5. The van der Waals surface area contributed by atoms with E-state index in [9.17, 15) is 4.79 Å². The van der Waals surface area contributed by atoms with E-state index in [-0.39, 0.29) is 16.7 Å². The summed E-state index contributed by atoms with van der Waals surface area (Å²) in [5, 5.41) is 0.251. The molecule has 0 saturated carbocycles. The predicted octanol–water partition coefficient (Wildman–Crippen LogP) is 4.83. The van der Waals surface area contributed by atoms with Gasteiger partial charge in [0, 0.05) is 5.56 Å². The van der Waals surface area contributed by atoms with Crippen molar-refractivity contribution >= 4 is 17.4 Å². The lowest BCUT2D eigenvalue weighted by molar-refractivity contribution is 0.0943. The molecule has 0 amide bonds. The Morgan fingerprint density at radius 2 is 1.95 bits per heavy atom. The average molecular weight is 299 g/mol. The summed E-state index contributed by atoms with van der Waals surface area (Å²) in [6.07, 6.45) is 3.97. The van der Waals surface area contributed by atoms with Gasteiger partial charge in [0.25, 0.3) is 0 Å². The van der Waals surface area contributed by atoms with E-state index in [2.05, 4.69) is 37.2 Å². The summed E-state index contributed by atoms with van der Waals surface area (Å²) < 4.78 is 0. The van der Waals surface area contributed by atoms with Crippen molar-refractivity contribution in [2.45, 2.75) is 32.6 Å². The Balaban J connectivity index is 2.84. The lowest BCUT2D eigenvalue weighted by atomic mass is 9.93. The number of carbonyl (C=O) groups is 1. The zero-order valence-corrected chi connectivity index (χ0v) is 13.0. The number of unbranched alkanes of at least 4 members (excludes halogenated alkanes) is 2. The van der Waals surface area contributed by atoms with Crippen molar-refractivity contribution in [3.05, 3.63) is 47.5 Å². The first kappa shape index (κ1) is 17.1. The van der Waals surface area contributed by atoms with Gasteiger partial charge in [-0.25, -0.2) is 0 Å². The van der Waals surface area contributed by atoms with Crippen LogP contribution in [0.5, 0.6) is 0 Å². The molecule has 0 bridgehead atoms. The van der Waals surface area contributed by atoms with Gasteiger partial charge in [0.05, 0.1) is 11.0 Å². The van der Waals surface area contributed by atoms with Gasteiger partial charge in [-0.3, -0.25) is 4.79 Å². The van der Waals surface area contributed by atoms with Gasteiger partial charge in [-0.1, -0.05) is 80.6 Å². The van der Waals surface area contributed by atoms with Crippen LogP contribution in [-0.2, 0) is 0 Å². The van der Waals surface area contributed by atoms with Crippen molar-refractivity contribution in [3.8, 4) is 23.7 Å². The number of ketones is 1. The summed E-state index contributed by atoms with van der Waals surface area (Å²) in [7, 11) is 0. The largest absolute Gasteiger partial charge is 0.293 e. The molecule has 1 nitrogen and oxygen atoms in total. The van der Waals surface area contributed by atoms with E-state index in [1.807, 2.05) is 30.3 Å². The van der Waals surface area contributed by atoms with Crippen molar-refractivity contribution in [3.63, 3.8) is 0 Å². The number of hydrogen-bond acceptors (Lipinski definition) is 1. The van der Waals surface area contributed by atoms with E-state index in [1.165, 1.54) is 0 Å². The summed E-state index contributed by atoms with van der Waals surface area (Å²) in [4.78, 5) is 12.5. The summed E-state index contributed by atoms with van der Waals surface area (Å²) in [6.45, 7) is 5.61. The van der Waals surface area contributed by atoms with Crippen LogP contribution >= 0.6 is 11.6 Å². The van der Waals surface area contributed by atoms with Crippen molar-refractivity contribution in [1.82, 2.24) is 0 Å². The molecule has 1 rings (SSSR count). The van der Waals surface area contributed by atoms with E-state index in [0.717, 1.165) is 25.7 Å². The zero-order chi connectivity index (χ0) is 15.5. The molecular formula is C19H19ClO. The maximum Gasteiger partial charge on any atom is 0.177 e. The topological polar surface area (TPSA) is 17.1 Å². The quantitative estimate of drug-likeness (QED) is 0.418. The molecule has 21 heavy (non-hydrogen) atoms. The number of hydrogen-bond donors (Lipinski definition) is 0. The number of carbonyl (C=O) groups excluding carboxylic acids is 1. The van der Waals surface area contributed by atoms with Crippen LogP contribution < -0.4 is 0 Å². The molecule has 1 aromatic carbocycles. The molecule has 0 saturated heterocycles. The Kier molecular flexibility index (Phi) is 8.03. The molecule has 0 aromatic heterocycles. The summed E-state index contributed by atoms with van der Waals surface area (Å²) in [6, 6.07) is 9.26. The van der Waals surface area contributed by atoms with Gasteiger partial charge in [-0.15, -0.1) is 0 Å². The Labute approximate surface area is 132 Å². The number of halogens is 1. The third kappa shape index (κ3) is 6.84. The molecule has 1 unspecified atom stereocenters. The second-order valence-electron chi connectivity index (χ2n) is 4.70. The summed E-state index contributed by atoms with van der Waals surface area (Å²) >= 11 is 5.55. The number of benzene rings is 1. The minimum atomic E-state index is -0.308. The molecule has 2 heteroatoms. The highest BCUT2D eigenvalue weighted by molar-refractivity contribution is 6.31. The lowest BCUT2D eigenvalue weighted by Gasteiger charge is -2.09. The zero-order valence-electron chi connectivity index (χ0n) is 12.3. The molecule has 0 N–H and O–H groups in total. The molecule has 1 atom stereocenters. The van der Waals surface area contributed by atoms with Gasteiger partial charge in [0.2, 0.25) is 0 Å². The second kappa shape index (κ2) is 9.87. The fourth-order valence-electron chi connectivity index (χ4n) is 1.89. The van der Waals surface area contributed by atoms with Gasteiger partial charge < -0.3 is 0 Å². The van der Waals surface area contributed by atoms with Gasteiger partial charge in [-0.2, -0.15) is 0 Å². The molecule has 0 heterocycles. The SMILES string of the molecule is C=C(Cl)C#CC#CC(CCCCC)C(=O)c1ccccc1. The van der Waals surface area contributed by atoms with Crippen LogP contribution in [0.2, 0.25) is 0 Å². The first-order chi connectivity index (χ1) is 10.1. The van der Waals surface area contributed by atoms with E-state index in [4.69, 9.17) is 11.6 Å². The summed E-state index contributed by atoms with van der Waals surface area (Å²) in [5.41, 5.74) is 0.697. The Hall–Kier alpha value is -1.96. The Bertz CT molecular complexity index is 593. The van der Waals surface area contributed by atoms with E-state index in [1.54, 1.807) is 0 Å². The fourth-order valence-corrected chi connectivity index (χ4v) is 1.94. The van der Waals surface area contributed by atoms with Crippen LogP contribution in [-0.4, -0.2) is 5.78 Å². The molecule has 0 aliphatic heterocycles. The van der Waals surface area contributed by atoms with E-state index >= 15 is 0 Å². The molecule has 108 valence electrons. The van der Waals surface area contributed by atoms with Crippen LogP contribution in [0.25, 0.3) is 0 Å². The first-order valence-electron chi connectivity index (χ1n) is 7.10. The highest BCUT2D eigenvalue weighted by Crippen LogP contribution is 2.15. The van der Waals surface area contributed by atoms with Gasteiger partial charge in [0.1, 0.15) is 0 Å². The average Bonchev–Trinajstić information content (AvgIpc) is 2.49. The van der Waals surface area contributed by atoms with E-state index in [0.29, 0.717) is 5.56 Å². The smallest absolute Gasteiger partial charge is 0.177 e. The van der Waals surface area contributed by atoms with Gasteiger partial charge >= 0.3 is 0 Å². The van der Waals surface area contributed by atoms with E-state index < -0.39 is 0 Å². The monoisotopic (exact) mass is 298 g/mol. The Morgan fingerprint density at radius 1 is 1.24 bits per heavy atom. The van der Waals surface area contributed by atoms with Crippen LogP contribution in [0.1, 0.15) is 43.0 Å². The molecule has 0 aliphatic carbocycles. The number of Topliss-reactive ketones (excluding diaryl/α,β-unsaturated/α-hetero) is 1. The molecule has 0 spiro atoms. The molecule has 0 radical (unpaired) electrons.